The highest BCUT2D eigenvalue weighted by Gasteiger charge is 2.09. The van der Waals surface area contributed by atoms with Crippen LogP contribution in [0.4, 0.5) is 5.95 Å². The minimum absolute atomic E-state index is 0.112. The first kappa shape index (κ1) is 13.6. The molecule has 0 bridgehead atoms. The summed E-state index contributed by atoms with van der Waals surface area (Å²) in [4.78, 5) is 13.1. The van der Waals surface area contributed by atoms with Gasteiger partial charge in [-0.2, -0.15) is 4.80 Å². The number of nitrogens with zero attached hydrogens (tertiary/aromatic N) is 4. The third-order valence-electron chi connectivity index (χ3n) is 2.07. The van der Waals surface area contributed by atoms with Crippen molar-refractivity contribution in [3.8, 4) is 0 Å². The molecule has 1 aromatic carbocycles. The van der Waals surface area contributed by atoms with Crippen molar-refractivity contribution >= 4 is 45.1 Å². The Balaban J connectivity index is 1.95. The molecule has 1 heterocycles. The number of hydrogen-bond acceptors (Lipinski definition) is 5. The monoisotopic (exact) mass is 340 g/mol. The number of benzene rings is 1. The highest BCUT2D eigenvalue weighted by molar-refractivity contribution is 9.10. The number of aromatic nitrogens is 4. The van der Waals surface area contributed by atoms with Gasteiger partial charge in [-0.3, -0.25) is 15.4 Å². The summed E-state index contributed by atoms with van der Waals surface area (Å²) in [5.41, 5.74) is 0.499. The molecule has 2 aromatic rings. The first-order chi connectivity index (χ1) is 9.04. The molecular weight excluding hydrogens is 332 g/mol. The number of aryl methyl sites for hydroxylation is 1. The van der Waals surface area contributed by atoms with Gasteiger partial charge >= 0.3 is 0 Å². The van der Waals surface area contributed by atoms with E-state index >= 15 is 0 Å². The van der Waals surface area contributed by atoms with Crippen LogP contribution in [0.1, 0.15) is 10.4 Å². The molecule has 0 fully saturated rings. The minimum atomic E-state index is -0.311. The van der Waals surface area contributed by atoms with Gasteiger partial charge in [0.25, 0.3) is 11.9 Å². The number of carbonyl (C=O) groups is 1. The van der Waals surface area contributed by atoms with Crippen LogP contribution in [0.3, 0.4) is 0 Å². The fraction of sp³-hybridized carbons (Fsp3) is 0.100. The third kappa shape index (κ3) is 3.80. The number of nitrogens with one attached hydrogen (secondary N) is 2. The van der Waals surface area contributed by atoms with E-state index in [1.54, 1.807) is 31.3 Å². The lowest BCUT2D eigenvalue weighted by Crippen LogP contribution is -2.34. The standard InChI is InChI=1S/C10H9BrN6OS/c1-17-15-9(14-16-17)13-10(19)12-8(18)6-2-4-7(11)5-3-6/h2-5H,1H3,(H2,12,13,15,18,19). The van der Waals surface area contributed by atoms with E-state index in [1.165, 1.54) is 4.80 Å². The van der Waals surface area contributed by atoms with Crippen LogP contribution in [0.5, 0.6) is 0 Å². The number of amides is 1. The summed E-state index contributed by atoms with van der Waals surface area (Å²) in [7, 11) is 1.63. The number of thiocarbonyl (C=S) groups is 1. The molecule has 1 amide bonds. The fourth-order valence-corrected chi connectivity index (χ4v) is 1.69. The van der Waals surface area contributed by atoms with Crippen LogP contribution in [0, 0.1) is 0 Å². The van der Waals surface area contributed by atoms with Crippen LogP contribution in [0.2, 0.25) is 0 Å². The lowest BCUT2D eigenvalue weighted by atomic mass is 10.2. The molecule has 0 atom stereocenters. The number of hydrogen-bond donors (Lipinski definition) is 2. The molecule has 0 aliphatic carbocycles. The topological polar surface area (TPSA) is 84.7 Å². The third-order valence-corrected chi connectivity index (χ3v) is 2.80. The molecular formula is C10H9BrN6OS. The number of rotatable bonds is 2. The van der Waals surface area contributed by atoms with Gasteiger partial charge in [-0.1, -0.05) is 21.0 Å². The van der Waals surface area contributed by atoms with E-state index < -0.39 is 0 Å². The lowest BCUT2D eigenvalue weighted by Gasteiger charge is -2.06. The van der Waals surface area contributed by atoms with Gasteiger partial charge in [0.05, 0.1) is 7.05 Å². The van der Waals surface area contributed by atoms with E-state index in [2.05, 4.69) is 42.0 Å². The Labute approximate surface area is 122 Å². The Morgan fingerprint density at radius 1 is 1.37 bits per heavy atom. The highest BCUT2D eigenvalue weighted by Crippen LogP contribution is 2.10. The molecule has 1 aromatic heterocycles. The lowest BCUT2D eigenvalue weighted by molar-refractivity contribution is 0.0977. The summed E-state index contributed by atoms with van der Waals surface area (Å²) < 4.78 is 0.897. The average Bonchev–Trinajstić information content (AvgIpc) is 2.75. The van der Waals surface area contributed by atoms with Crippen molar-refractivity contribution in [3.63, 3.8) is 0 Å². The molecule has 0 aliphatic heterocycles. The zero-order chi connectivity index (χ0) is 13.8. The summed E-state index contributed by atoms with van der Waals surface area (Å²) in [6.07, 6.45) is 0. The second-order valence-electron chi connectivity index (χ2n) is 3.52. The molecule has 0 saturated heterocycles. The van der Waals surface area contributed by atoms with E-state index in [4.69, 9.17) is 12.2 Å². The van der Waals surface area contributed by atoms with E-state index in [1.807, 2.05) is 0 Å². The van der Waals surface area contributed by atoms with E-state index in [0.29, 0.717) is 5.56 Å². The number of carbonyl (C=O) groups excluding carboxylic acids is 1. The SMILES string of the molecule is Cn1nnc(NC(=S)NC(=O)c2ccc(Br)cc2)n1. The van der Waals surface area contributed by atoms with Gasteiger partial charge in [-0.25, -0.2) is 0 Å². The summed E-state index contributed by atoms with van der Waals surface area (Å²) in [6, 6.07) is 6.91. The van der Waals surface area contributed by atoms with Crippen LogP contribution in [0.15, 0.2) is 28.7 Å². The Bertz CT molecular complexity index is 611. The first-order valence-corrected chi connectivity index (χ1v) is 6.36. The molecule has 0 unspecified atom stereocenters. The predicted molar refractivity (Wildman–Crippen MR) is 76.6 cm³/mol. The quantitative estimate of drug-likeness (QED) is 0.796. The van der Waals surface area contributed by atoms with Gasteiger partial charge in [-0.05, 0) is 41.7 Å². The van der Waals surface area contributed by atoms with Crippen LogP contribution < -0.4 is 10.6 Å². The van der Waals surface area contributed by atoms with Crippen LogP contribution in [-0.2, 0) is 7.05 Å². The molecule has 2 N–H and O–H groups in total. The van der Waals surface area contributed by atoms with Gasteiger partial charge in [0, 0.05) is 10.0 Å². The maximum absolute atomic E-state index is 11.8. The second-order valence-corrected chi connectivity index (χ2v) is 4.84. The van der Waals surface area contributed by atoms with Crippen molar-refractivity contribution in [2.24, 2.45) is 7.05 Å². The zero-order valence-corrected chi connectivity index (χ0v) is 12.2. The normalized spacial score (nSPS) is 10.0. The molecule has 9 heteroatoms. The molecule has 0 saturated carbocycles. The van der Waals surface area contributed by atoms with Crippen molar-refractivity contribution in [2.75, 3.05) is 5.32 Å². The van der Waals surface area contributed by atoms with E-state index in [-0.39, 0.29) is 17.0 Å². The van der Waals surface area contributed by atoms with E-state index in [0.717, 1.165) is 4.47 Å². The zero-order valence-electron chi connectivity index (χ0n) is 9.79. The molecule has 0 spiro atoms. The Hall–Kier alpha value is -1.87. The summed E-state index contributed by atoms with van der Waals surface area (Å²) in [5.74, 6) is -0.0857. The van der Waals surface area contributed by atoms with Gasteiger partial charge in [-0.15, -0.1) is 5.10 Å². The molecule has 7 nitrogen and oxygen atoms in total. The maximum Gasteiger partial charge on any atom is 0.269 e. The highest BCUT2D eigenvalue weighted by atomic mass is 79.9. The predicted octanol–water partition coefficient (Wildman–Crippen LogP) is 1.10. The summed E-state index contributed by atoms with van der Waals surface area (Å²) in [5, 5.41) is 16.5. The van der Waals surface area contributed by atoms with Crippen molar-refractivity contribution in [3.05, 3.63) is 34.3 Å². The van der Waals surface area contributed by atoms with Crippen LogP contribution in [0.25, 0.3) is 0 Å². The van der Waals surface area contributed by atoms with Crippen molar-refractivity contribution in [1.82, 2.24) is 25.5 Å². The molecule has 19 heavy (non-hydrogen) atoms. The van der Waals surface area contributed by atoms with Crippen molar-refractivity contribution < 1.29 is 4.79 Å². The second kappa shape index (κ2) is 5.85. The minimum Gasteiger partial charge on any atom is -0.299 e. The Morgan fingerprint density at radius 3 is 2.63 bits per heavy atom. The van der Waals surface area contributed by atoms with Crippen molar-refractivity contribution in [2.45, 2.75) is 0 Å². The molecule has 98 valence electrons. The molecule has 0 radical (unpaired) electrons. The van der Waals surface area contributed by atoms with E-state index in [9.17, 15) is 4.79 Å². The summed E-state index contributed by atoms with van der Waals surface area (Å²) in [6.45, 7) is 0. The Kier molecular flexibility index (Phi) is 4.17. The largest absolute Gasteiger partial charge is 0.299 e. The van der Waals surface area contributed by atoms with Gasteiger partial charge < -0.3 is 0 Å². The summed E-state index contributed by atoms with van der Waals surface area (Å²) >= 11 is 8.27. The van der Waals surface area contributed by atoms with Crippen molar-refractivity contribution in [1.29, 1.82) is 0 Å². The Morgan fingerprint density at radius 2 is 2.05 bits per heavy atom. The smallest absolute Gasteiger partial charge is 0.269 e. The number of halogens is 1. The van der Waals surface area contributed by atoms with Gasteiger partial charge in [0.1, 0.15) is 0 Å². The molecule has 2 rings (SSSR count). The van der Waals surface area contributed by atoms with Crippen LogP contribution >= 0.6 is 28.1 Å². The van der Waals surface area contributed by atoms with Crippen LogP contribution in [-0.4, -0.2) is 31.2 Å². The number of tetrazole rings is 1. The van der Waals surface area contributed by atoms with Gasteiger partial charge in [0.15, 0.2) is 5.11 Å². The fourth-order valence-electron chi connectivity index (χ4n) is 1.24. The average molecular weight is 341 g/mol. The maximum atomic E-state index is 11.8. The first-order valence-electron chi connectivity index (χ1n) is 5.16. The molecule has 0 aliphatic rings. The number of anilines is 1. The van der Waals surface area contributed by atoms with Gasteiger partial charge in [0.2, 0.25) is 0 Å².